The Hall–Kier alpha value is -1.20. The van der Waals surface area contributed by atoms with E-state index in [9.17, 15) is 4.79 Å². The van der Waals surface area contributed by atoms with Crippen molar-refractivity contribution in [3.05, 3.63) is 29.8 Å². The third kappa shape index (κ3) is 4.98. The molecule has 2 N–H and O–H groups in total. The molecule has 0 amide bonds. The molecule has 1 aromatic rings. The van der Waals surface area contributed by atoms with Crippen molar-refractivity contribution in [3.8, 4) is 5.75 Å². The van der Waals surface area contributed by atoms with Crippen molar-refractivity contribution in [2.75, 3.05) is 13.7 Å². The molecule has 1 aliphatic heterocycles. The van der Waals surface area contributed by atoms with Crippen molar-refractivity contribution < 1.29 is 14.6 Å². The molecule has 1 aromatic carbocycles. The van der Waals surface area contributed by atoms with E-state index in [2.05, 4.69) is 24.9 Å². The molecule has 4 nitrogen and oxygen atoms in total. The molecule has 1 saturated heterocycles. The molecule has 100 valence electrons. The zero-order chi connectivity index (χ0) is 13.5. The van der Waals surface area contributed by atoms with Crippen molar-refractivity contribution in [2.45, 2.75) is 24.6 Å². The maximum Gasteiger partial charge on any atom is 0.320 e. The first kappa shape index (κ1) is 14.9. The Kier molecular flexibility index (Phi) is 6.01. The van der Waals surface area contributed by atoms with Crippen molar-refractivity contribution >= 4 is 18.6 Å². The van der Waals surface area contributed by atoms with Crippen LogP contribution in [0.4, 0.5) is 0 Å². The first-order valence-electron chi connectivity index (χ1n) is 5.78. The van der Waals surface area contributed by atoms with Gasteiger partial charge < -0.3 is 15.2 Å². The number of aliphatic carboxylic acids is 1. The number of carbonyl (C=O) groups is 1. The molecule has 0 saturated carbocycles. The van der Waals surface area contributed by atoms with E-state index < -0.39 is 5.97 Å². The highest BCUT2D eigenvalue weighted by molar-refractivity contribution is 7.81. The van der Waals surface area contributed by atoms with Crippen molar-refractivity contribution in [1.82, 2.24) is 5.32 Å². The number of carboxylic acid groups (broad SMARTS) is 1. The van der Waals surface area contributed by atoms with Gasteiger partial charge in [-0.15, -0.1) is 0 Å². The Balaban J connectivity index is 0.000000180. The van der Waals surface area contributed by atoms with Crippen LogP contribution in [0.1, 0.15) is 12.0 Å². The standard InChI is InChI=1S/C8H10O.C5H9NO2S/c1-7-3-5-8(9-2)6-4-7;7-5(8)4-1-3(9)2-6-4/h3-6H,1-2H3;3-4,6,9H,1-2H2,(H,7,8). The summed E-state index contributed by atoms with van der Waals surface area (Å²) in [5.74, 6) is 0.146. The minimum Gasteiger partial charge on any atom is -0.497 e. The summed E-state index contributed by atoms with van der Waals surface area (Å²) in [4.78, 5) is 10.3. The lowest BCUT2D eigenvalue weighted by Gasteiger charge is -1.99. The SMILES string of the molecule is COc1ccc(C)cc1.O=C(O)C1CC(S)CN1. The first-order chi connectivity index (χ1) is 8.52. The maximum atomic E-state index is 10.3. The zero-order valence-electron chi connectivity index (χ0n) is 10.6. The van der Waals surface area contributed by atoms with Crippen molar-refractivity contribution in [3.63, 3.8) is 0 Å². The summed E-state index contributed by atoms with van der Waals surface area (Å²) in [7, 11) is 1.67. The van der Waals surface area contributed by atoms with Gasteiger partial charge in [-0.2, -0.15) is 12.6 Å². The average molecular weight is 269 g/mol. The predicted octanol–water partition coefficient (Wildman–Crippen LogP) is 1.73. The average Bonchev–Trinajstić information content (AvgIpc) is 2.78. The summed E-state index contributed by atoms with van der Waals surface area (Å²) in [5.41, 5.74) is 1.26. The number of aryl methyl sites for hydroxylation is 1. The molecule has 1 fully saturated rings. The fourth-order valence-electron chi connectivity index (χ4n) is 1.58. The van der Waals surface area contributed by atoms with Crippen LogP contribution in [0.3, 0.4) is 0 Å². The second-order valence-corrected chi connectivity index (χ2v) is 4.94. The lowest BCUT2D eigenvalue weighted by Crippen LogP contribution is -2.29. The molecule has 0 spiro atoms. The van der Waals surface area contributed by atoms with Crippen LogP contribution in [-0.2, 0) is 4.79 Å². The van der Waals surface area contributed by atoms with Crippen LogP contribution in [0, 0.1) is 6.92 Å². The molecule has 0 radical (unpaired) electrons. The van der Waals surface area contributed by atoms with E-state index in [-0.39, 0.29) is 11.3 Å². The minimum absolute atomic E-state index is 0.214. The zero-order valence-corrected chi connectivity index (χ0v) is 11.5. The van der Waals surface area contributed by atoms with Crippen LogP contribution in [-0.4, -0.2) is 36.0 Å². The molecule has 1 heterocycles. The molecule has 0 bridgehead atoms. The summed E-state index contributed by atoms with van der Waals surface area (Å²) in [5, 5.41) is 11.5. The quantitative estimate of drug-likeness (QED) is 0.716. The van der Waals surface area contributed by atoms with Gasteiger partial charge in [-0.3, -0.25) is 4.79 Å². The highest BCUT2D eigenvalue weighted by Gasteiger charge is 2.26. The summed E-state index contributed by atoms with van der Waals surface area (Å²) in [6, 6.07) is 7.59. The highest BCUT2D eigenvalue weighted by Crippen LogP contribution is 2.11. The van der Waals surface area contributed by atoms with E-state index in [4.69, 9.17) is 9.84 Å². The summed E-state index contributed by atoms with van der Waals surface area (Å²) >= 11 is 4.12. The van der Waals surface area contributed by atoms with E-state index in [0.717, 1.165) is 5.75 Å². The van der Waals surface area contributed by atoms with E-state index in [1.807, 2.05) is 24.3 Å². The molecule has 5 heteroatoms. The molecule has 1 aliphatic rings. The van der Waals surface area contributed by atoms with Crippen LogP contribution in [0.25, 0.3) is 0 Å². The number of rotatable bonds is 2. The normalized spacial score (nSPS) is 21.9. The van der Waals surface area contributed by atoms with Crippen LogP contribution in [0.15, 0.2) is 24.3 Å². The van der Waals surface area contributed by atoms with Crippen LogP contribution in [0.2, 0.25) is 0 Å². The lowest BCUT2D eigenvalue weighted by atomic mass is 10.2. The lowest BCUT2D eigenvalue weighted by molar-refractivity contribution is -0.139. The second-order valence-electron chi connectivity index (χ2n) is 4.21. The third-order valence-electron chi connectivity index (χ3n) is 2.66. The van der Waals surface area contributed by atoms with E-state index in [0.29, 0.717) is 13.0 Å². The fraction of sp³-hybridized carbons (Fsp3) is 0.462. The number of ether oxygens (including phenoxy) is 1. The van der Waals surface area contributed by atoms with Crippen LogP contribution < -0.4 is 10.1 Å². The minimum atomic E-state index is -0.772. The van der Waals surface area contributed by atoms with Gasteiger partial charge in [0.15, 0.2) is 0 Å². The molecular formula is C13H19NO3S. The first-order valence-corrected chi connectivity index (χ1v) is 6.29. The molecule has 0 aromatic heterocycles. The summed E-state index contributed by atoms with van der Waals surface area (Å²) in [6.45, 7) is 2.76. The molecule has 18 heavy (non-hydrogen) atoms. The van der Waals surface area contributed by atoms with Gasteiger partial charge >= 0.3 is 5.97 Å². The number of carboxylic acids is 1. The molecule has 2 atom stereocenters. The number of benzene rings is 1. The van der Waals surface area contributed by atoms with Crippen molar-refractivity contribution in [2.24, 2.45) is 0 Å². The van der Waals surface area contributed by atoms with Crippen molar-refractivity contribution in [1.29, 1.82) is 0 Å². The van der Waals surface area contributed by atoms with Gasteiger partial charge in [0.2, 0.25) is 0 Å². The largest absolute Gasteiger partial charge is 0.497 e. The number of methoxy groups -OCH3 is 1. The maximum absolute atomic E-state index is 10.3. The third-order valence-corrected chi connectivity index (χ3v) is 3.06. The number of hydrogen-bond donors (Lipinski definition) is 3. The van der Waals surface area contributed by atoms with Gasteiger partial charge in [0.05, 0.1) is 7.11 Å². The Morgan fingerprint density at radius 1 is 1.44 bits per heavy atom. The predicted molar refractivity (Wildman–Crippen MR) is 74.5 cm³/mol. The van der Waals surface area contributed by atoms with Crippen LogP contribution >= 0.6 is 12.6 Å². The van der Waals surface area contributed by atoms with Crippen LogP contribution in [0.5, 0.6) is 5.75 Å². The summed E-state index contributed by atoms with van der Waals surface area (Å²) in [6.07, 6.45) is 0.637. The van der Waals surface area contributed by atoms with Gasteiger partial charge in [-0.1, -0.05) is 17.7 Å². The van der Waals surface area contributed by atoms with E-state index >= 15 is 0 Å². The van der Waals surface area contributed by atoms with Gasteiger partial charge in [0.1, 0.15) is 11.8 Å². The highest BCUT2D eigenvalue weighted by atomic mass is 32.1. The Bertz CT molecular complexity index is 380. The molecule has 2 unspecified atom stereocenters. The Morgan fingerprint density at radius 3 is 2.39 bits per heavy atom. The second kappa shape index (κ2) is 7.28. The van der Waals surface area contributed by atoms with E-state index in [1.165, 1.54) is 5.56 Å². The van der Waals surface area contributed by atoms with Gasteiger partial charge in [-0.25, -0.2) is 0 Å². The topological polar surface area (TPSA) is 58.6 Å². The van der Waals surface area contributed by atoms with E-state index in [1.54, 1.807) is 7.11 Å². The molecule has 0 aliphatic carbocycles. The fourth-order valence-corrected chi connectivity index (χ4v) is 1.90. The smallest absolute Gasteiger partial charge is 0.320 e. The monoisotopic (exact) mass is 269 g/mol. The number of hydrogen-bond acceptors (Lipinski definition) is 4. The molecular weight excluding hydrogens is 250 g/mol. The van der Waals surface area contributed by atoms with Gasteiger partial charge in [0, 0.05) is 11.8 Å². The number of thiol groups is 1. The summed E-state index contributed by atoms with van der Waals surface area (Å²) < 4.78 is 4.97. The van der Waals surface area contributed by atoms with Gasteiger partial charge in [-0.05, 0) is 25.5 Å². The molecule has 2 rings (SSSR count). The Labute approximate surface area is 113 Å². The Morgan fingerprint density at radius 2 is 2.06 bits per heavy atom. The number of nitrogens with one attached hydrogen (secondary N) is 1. The van der Waals surface area contributed by atoms with Gasteiger partial charge in [0.25, 0.3) is 0 Å².